The Labute approximate surface area is 70.2 Å². The minimum atomic E-state index is -0.177. The van der Waals surface area contributed by atoms with Gasteiger partial charge in [-0.15, -0.1) is 0 Å². The van der Waals surface area contributed by atoms with Gasteiger partial charge in [-0.3, -0.25) is 4.79 Å². The smallest absolute Gasteiger partial charge is 0.272 e. The number of anilines is 1. The molecule has 0 bridgehead atoms. The van der Waals surface area contributed by atoms with Crippen LogP contribution in [0.2, 0.25) is 0 Å². The number of carbonyl (C=O) groups is 1. The highest BCUT2D eigenvalue weighted by Crippen LogP contribution is 2.00. The first-order chi connectivity index (χ1) is 5.61. The van der Waals surface area contributed by atoms with Gasteiger partial charge in [0.05, 0.1) is 0 Å². The van der Waals surface area contributed by atoms with Crippen LogP contribution in [0.3, 0.4) is 0 Å². The lowest BCUT2D eigenvalue weighted by Crippen LogP contribution is -2.22. The molecule has 0 saturated heterocycles. The number of nitrogen functional groups attached to an aromatic ring is 1. The SMILES string of the molecule is CN(C)C(=O)c1cc(N)ncn1. The number of rotatable bonds is 1. The standard InChI is InChI=1S/C7H10N4O/c1-11(2)7(12)5-3-6(8)10-4-9-5/h3-4H,1-2H3,(H2,8,9,10). The summed E-state index contributed by atoms with van der Waals surface area (Å²) < 4.78 is 0. The molecule has 1 amide bonds. The maximum atomic E-state index is 11.3. The molecule has 0 unspecified atom stereocenters. The molecule has 0 fully saturated rings. The highest BCUT2D eigenvalue weighted by molar-refractivity contribution is 5.92. The maximum absolute atomic E-state index is 11.3. The molecule has 5 heteroatoms. The van der Waals surface area contributed by atoms with Gasteiger partial charge >= 0.3 is 0 Å². The summed E-state index contributed by atoms with van der Waals surface area (Å²) in [7, 11) is 3.31. The highest BCUT2D eigenvalue weighted by Gasteiger charge is 2.08. The Morgan fingerprint density at radius 3 is 2.67 bits per heavy atom. The molecule has 12 heavy (non-hydrogen) atoms. The topological polar surface area (TPSA) is 72.1 Å². The van der Waals surface area contributed by atoms with Crippen molar-refractivity contribution in [2.24, 2.45) is 0 Å². The summed E-state index contributed by atoms with van der Waals surface area (Å²) in [4.78, 5) is 20.2. The summed E-state index contributed by atoms with van der Waals surface area (Å²) in [6, 6.07) is 1.45. The number of amides is 1. The van der Waals surface area contributed by atoms with Crippen molar-refractivity contribution in [3.63, 3.8) is 0 Å². The van der Waals surface area contributed by atoms with E-state index in [1.165, 1.54) is 17.3 Å². The van der Waals surface area contributed by atoms with Crippen molar-refractivity contribution >= 4 is 11.7 Å². The molecule has 2 N–H and O–H groups in total. The van der Waals surface area contributed by atoms with Gasteiger partial charge < -0.3 is 10.6 Å². The third-order valence-corrected chi connectivity index (χ3v) is 1.31. The van der Waals surface area contributed by atoms with E-state index in [2.05, 4.69) is 9.97 Å². The molecule has 0 aliphatic heterocycles. The lowest BCUT2D eigenvalue weighted by molar-refractivity contribution is 0.0822. The highest BCUT2D eigenvalue weighted by atomic mass is 16.2. The summed E-state index contributed by atoms with van der Waals surface area (Å²) in [5.74, 6) is 0.124. The molecule has 0 aliphatic rings. The Bertz CT molecular complexity index is 297. The second-order valence-corrected chi connectivity index (χ2v) is 2.53. The van der Waals surface area contributed by atoms with Crippen molar-refractivity contribution < 1.29 is 4.79 Å². The second-order valence-electron chi connectivity index (χ2n) is 2.53. The van der Waals surface area contributed by atoms with Crippen LogP contribution in [0.1, 0.15) is 10.5 Å². The van der Waals surface area contributed by atoms with Gasteiger partial charge in [0, 0.05) is 20.2 Å². The number of hydrogen-bond acceptors (Lipinski definition) is 4. The fourth-order valence-corrected chi connectivity index (χ4v) is 0.718. The third-order valence-electron chi connectivity index (χ3n) is 1.31. The first kappa shape index (κ1) is 8.45. The van der Waals surface area contributed by atoms with Crippen LogP contribution in [0.25, 0.3) is 0 Å². The molecule has 1 aromatic rings. The quantitative estimate of drug-likeness (QED) is 0.625. The van der Waals surface area contributed by atoms with Crippen LogP contribution in [-0.4, -0.2) is 34.9 Å². The average molecular weight is 166 g/mol. The number of hydrogen-bond donors (Lipinski definition) is 1. The van der Waals surface area contributed by atoms with E-state index in [4.69, 9.17) is 5.73 Å². The number of aromatic nitrogens is 2. The van der Waals surface area contributed by atoms with Crippen LogP contribution in [0.15, 0.2) is 12.4 Å². The summed E-state index contributed by atoms with van der Waals surface area (Å²) in [6.07, 6.45) is 1.27. The van der Waals surface area contributed by atoms with Crippen molar-refractivity contribution in [3.8, 4) is 0 Å². The van der Waals surface area contributed by atoms with Gasteiger partial charge in [-0.05, 0) is 0 Å². The van der Waals surface area contributed by atoms with E-state index in [1.54, 1.807) is 14.1 Å². The molecular weight excluding hydrogens is 156 g/mol. The van der Waals surface area contributed by atoms with E-state index in [-0.39, 0.29) is 5.91 Å². The molecule has 1 rings (SSSR count). The van der Waals surface area contributed by atoms with Crippen LogP contribution in [-0.2, 0) is 0 Å². The van der Waals surface area contributed by atoms with Gasteiger partial charge in [-0.25, -0.2) is 9.97 Å². The van der Waals surface area contributed by atoms with Gasteiger partial charge in [0.1, 0.15) is 17.8 Å². The summed E-state index contributed by atoms with van der Waals surface area (Å²) in [6.45, 7) is 0. The zero-order valence-corrected chi connectivity index (χ0v) is 6.98. The van der Waals surface area contributed by atoms with Crippen molar-refractivity contribution in [2.45, 2.75) is 0 Å². The molecule has 0 aliphatic carbocycles. The Hall–Kier alpha value is -1.65. The predicted molar refractivity (Wildman–Crippen MR) is 44.5 cm³/mol. The normalized spacial score (nSPS) is 9.50. The van der Waals surface area contributed by atoms with Crippen LogP contribution >= 0.6 is 0 Å². The zero-order chi connectivity index (χ0) is 9.14. The Morgan fingerprint density at radius 2 is 2.17 bits per heavy atom. The van der Waals surface area contributed by atoms with Crippen molar-refractivity contribution in [3.05, 3.63) is 18.1 Å². The first-order valence-electron chi connectivity index (χ1n) is 3.40. The molecule has 1 heterocycles. The van der Waals surface area contributed by atoms with E-state index in [9.17, 15) is 4.79 Å². The molecule has 0 atom stereocenters. The summed E-state index contributed by atoms with van der Waals surface area (Å²) in [5.41, 5.74) is 5.69. The number of carbonyl (C=O) groups excluding carboxylic acids is 1. The minimum absolute atomic E-state index is 0.177. The second kappa shape index (κ2) is 3.17. The molecule has 1 aromatic heterocycles. The lowest BCUT2D eigenvalue weighted by atomic mass is 10.3. The number of nitrogens with two attached hydrogens (primary N) is 1. The van der Waals surface area contributed by atoms with E-state index in [0.717, 1.165) is 0 Å². The monoisotopic (exact) mass is 166 g/mol. The zero-order valence-electron chi connectivity index (χ0n) is 6.98. The van der Waals surface area contributed by atoms with Gasteiger partial charge in [0.15, 0.2) is 0 Å². The van der Waals surface area contributed by atoms with Gasteiger partial charge in [0.25, 0.3) is 5.91 Å². The first-order valence-corrected chi connectivity index (χ1v) is 3.40. The Balaban J connectivity index is 2.96. The Morgan fingerprint density at radius 1 is 1.50 bits per heavy atom. The van der Waals surface area contributed by atoms with E-state index < -0.39 is 0 Å². The van der Waals surface area contributed by atoms with Gasteiger partial charge in [0.2, 0.25) is 0 Å². The third kappa shape index (κ3) is 1.69. The van der Waals surface area contributed by atoms with Crippen LogP contribution in [0.4, 0.5) is 5.82 Å². The maximum Gasteiger partial charge on any atom is 0.272 e. The van der Waals surface area contributed by atoms with Gasteiger partial charge in [-0.2, -0.15) is 0 Å². The predicted octanol–water partition coefficient (Wildman–Crippen LogP) is -0.239. The Kier molecular flexibility index (Phi) is 2.23. The van der Waals surface area contributed by atoms with Crippen molar-refractivity contribution in [2.75, 3.05) is 19.8 Å². The fourth-order valence-electron chi connectivity index (χ4n) is 0.718. The minimum Gasteiger partial charge on any atom is -0.384 e. The van der Waals surface area contributed by atoms with Gasteiger partial charge in [-0.1, -0.05) is 0 Å². The van der Waals surface area contributed by atoms with Crippen LogP contribution in [0.5, 0.6) is 0 Å². The van der Waals surface area contributed by atoms with Crippen LogP contribution < -0.4 is 5.73 Å². The van der Waals surface area contributed by atoms with Crippen LogP contribution in [0, 0.1) is 0 Å². The molecule has 0 spiro atoms. The molecule has 0 radical (unpaired) electrons. The van der Waals surface area contributed by atoms with E-state index in [1.807, 2.05) is 0 Å². The van der Waals surface area contributed by atoms with E-state index in [0.29, 0.717) is 11.5 Å². The molecular formula is C7H10N4O. The van der Waals surface area contributed by atoms with Crippen molar-refractivity contribution in [1.82, 2.24) is 14.9 Å². The summed E-state index contributed by atoms with van der Waals surface area (Å²) in [5, 5.41) is 0. The van der Waals surface area contributed by atoms with Crippen molar-refractivity contribution in [1.29, 1.82) is 0 Å². The average Bonchev–Trinajstić information content (AvgIpc) is 2.03. The molecule has 64 valence electrons. The molecule has 5 nitrogen and oxygen atoms in total. The van der Waals surface area contributed by atoms with E-state index >= 15 is 0 Å². The lowest BCUT2D eigenvalue weighted by Gasteiger charge is -2.08. The molecule has 0 aromatic carbocycles. The molecule has 0 saturated carbocycles. The fraction of sp³-hybridized carbons (Fsp3) is 0.286. The summed E-state index contributed by atoms with van der Waals surface area (Å²) >= 11 is 0. The largest absolute Gasteiger partial charge is 0.384 e. The number of nitrogens with zero attached hydrogens (tertiary/aromatic N) is 3.